The molecular weight excluding hydrogens is 194 g/mol. The van der Waals surface area contributed by atoms with Crippen LogP contribution in [0.1, 0.15) is 5.56 Å². The topological polar surface area (TPSA) is 37.3 Å². The minimum absolute atomic E-state index is 0.880. The Hall–Kier alpha value is -1.68. The molecule has 0 radical (unpaired) electrons. The van der Waals surface area contributed by atoms with Crippen molar-refractivity contribution in [2.45, 2.75) is 0 Å². The molecule has 68 valence electrons. The number of rotatable bonds is 0. The first-order valence-corrected chi connectivity index (χ1v) is 5.08. The Labute approximate surface area is 84.8 Å². The normalized spacial score (nSPS) is 14.1. The van der Waals surface area contributed by atoms with Gasteiger partial charge in [-0.3, -0.25) is 0 Å². The van der Waals surface area contributed by atoms with E-state index in [4.69, 9.17) is 0 Å². The van der Waals surface area contributed by atoms with Crippen molar-refractivity contribution in [1.82, 2.24) is 10.3 Å². The third-order valence-electron chi connectivity index (χ3n) is 2.22. The van der Waals surface area contributed by atoms with Gasteiger partial charge in [0.05, 0.1) is 27.8 Å². The minimum atomic E-state index is 0.880. The Morgan fingerprint density at radius 1 is 1.36 bits per heavy atom. The van der Waals surface area contributed by atoms with Crippen molar-refractivity contribution in [2.75, 3.05) is 0 Å². The zero-order valence-electron chi connectivity index (χ0n) is 7.32. The third-order valence-corrected chi connectivity index (χ3v) is 3.01. The number of hydrogen-bond acceptors (Lipinski definition) is 4. The van der Waals surface area contributed by atoms with Crippen molar-refractivity contribution in [3.8, 4) is 0 Å². The summed E-state index contributed by atoms with van der Waals surface area (Å²) >= 11 is 1.63. The first-order chi connectivity index (χ1) is 6.84. The number of nitrogens with one attached hydrogen (secondary N) is 1. The van der Waals surface area contributed by atoms with Crippen LogP contribution in [0.15, 0.2) is 29.2 Å². The van der Waals surface area contributed by atoms with Crippen LogP contribution >= 0.6 is 11.3 Å². The van der Waals surface area contributed by atoms with Gasteiger partial charge < -0.3 is 5.32 Å². The molecule has 0 spiro atoms. The highest BCUT2D eigenvalue weighted by Gasteiger charge is 2.11. The summed E-state index contributed by atoms with van der Waals surface area (Å²) in [4.78, 5) is 8.51. The summed E-state index contributed by atoms with van der Waals surface area (Å²) in [6.45, 7) is 3.92. The number of aliphatic imine (C=N–C) groups is 1. The Balaban J connectivity index is 2.39. The van der Waals surface area contributed by atoms with Gasteiger partial charge in [-0.1, -0.05) is 6.58 Å². The molecule has 0 saturated heterocycles. The monoisotopic (exact) mass is 201 g/mol. The molecule has 1 N–H and O–H groups in total. The second-order valence-electron chi connectivity index (χ2n) is 3.07. The van der Waals surface area contributed by atoms with Gasteiger partial charge >= 0.3 is 0 Å². The number of fused-ring (bicyclic) bond motifs is 2. The smallest absolute Gasteiger partial charge is 0.0930 e. The van der Waals surface area contributed by atoms with Crippen LogP contribution in [0.4, 0.5) is 5.69 Å². The molecule has 0 unspecified atom stereocenters. The zero-order chi connectivity index (χ0) is 9.54. The fraction of sp³-hybridized carbons (Fsp3) is 0. The first kappa shape index (κ1) is 7.70. The molecule has 0 aliphatic carbocycles. The first-order valence-electron chi connectivity index (χ1n) is 4.20. The maximum atomic E-state index is 4.26. The lowest BCUT2D eigenvalue weighted by molar-refractivity contribution is 1.28. The predicted molar refractivity (Wildman–Crippen MR) is 59.9 cm³/mol. The molecule has 14 heavy (non-hydrogen) atoms. The highest BCUT2D eigenvalue weighted by Crippen LogP contribution is 2.32. The lowest BCUT2D eigenvalue weighted by atomic mass is 10.1. The molecular formula is C10H7N3S. The van der Waals surface area contributed by atoms with Gasteiger partial charge in [0, 0.05) is 11.3 Å². The Morgan fingerprint density at radius 2 is 2.29 bits per heavy atom. The van der Waals surface area contributed by atoms with Gasteiger partial charge in [-0.05, 0) is 12.1 Å². The molecule has 1 aliphatic heterocycles. The van der Waals surface area contributed by atoms with Gasteiger partial charge in [-0.25, -0.2) is 9.98 Å². The SMILES string of the molecule is C=C1NC=Nc2cc3scnc3cc21. The number of hydrogen-bond donors (Lipinski definition) is 1. The number of nitrogens with zero attached hydrogens (tertiary/aromatic N) is 2. The van der Waals surface area contributed by atoms with Crippen molar-refractivity contribution in [3.63, 3.8) is 0 Å². The molecule has 0 bridgehead atoms. The highest BCUT2D eigenvalue weighted by atomic mass is 32.1. The van der Waals surface area contributed by atoms with E-state index in [1.54, 1.807) is 17.7 Å². The van der Waals surface area contributed by atoms with E-state index in [2.05, 4.69) is 21.9 Å². The van der Waals surface area contributed by atoms with Crippen LogP contribution in [0, 0.1) is 0 Å². The fourth-order valence-electron chi connectivity index (χ4n) is 1.50. The van der Waals surface area contributed by atoms with Crippen LogP contribution in [0.25, 0.3) is 15.9 Å². The van der Waals surface area contributed by atoms with E-state index in [1.165, 1.54) is 0 Å². The van der Waals surface area contributed by atoms with Crippen LogP contribution in [-0.2, 0) is 0 Å². The van der Waals surface area contributed by atoms with Crippen LogP contribution < -0.4 is 5.32 Å². The van der Waals surface area contributed by atoms with Gasteiger partial charge in [0.2, 0.25) is 0 Å². The summed E-state index contributed by atoms with van der Waals surface area (Å²) in [7, 11) is 0. The molecule has 0 saturated carbocycles. The molecule has 0 atom stereocenters. The van der Waals surface area contributed by atoms with Crippen LogP contribution in [0.5, 0.6) is 0 Å². The average Bonchev–Trinajstić information content (AvgIpc) is 2.62. The molecule has 2 heterocycles. The van der Waals surface area contributed by atoms with Gasteiger partial charge in [-0.2, -0.15) is 0 Å². The van der Waals surface area contributed by atoms with E-state index in [0.29, 0.717) is 0 Å². The lowest BCUT2D eigenvalue weighted by Crippen LogP contribution is -2.11. The predicted octanol–water partition coefficient (Wildman–Crippen LogP) is 2.53. The van der Waals surface area contributed by atoms with E-state index in [1.807, 2.05) is 17.6 Å². The molecule has 4 heteroatoms. The fourth-order valence-corrected chi connectivity index (χ4v) is 2.19. The van der Waals surface area contributed by atoms with Gasteiger partial charge in [0.25, 0.3) is 0 Å². The maximum Gasteiger partial charge on any atom is 0.0930 e. The third kappa shape index (κ3) is 0.975. The Bertz CT molecular complexity index is 553. The zero-order valence-corrected chi connectivity index (χ0v) is 8.14. The van der Waals surface area contributed by atoms with Crippen molar-refractivity contribution in [3.05, 3.63) is 29.8 Å². The van der Waals surface area contributed by atoms with Crippen LogP contribution in [0.2, 0.25) is 0 Å². The molecule has 1 aromatic carbocycles. The van der Waals surface area contributed by atoms with Gasteiger partial charge in [0.1, 0.15) is 0 Å². The second kappa shape index (κ2) is 2.65. The van der Waals surface area contributed by atoms with Crippen LogP contribution in [0.3, 0.4) is 0 Å². The average molecular weight is 201 g/mol. The molecule has 1 aromatic heterocycles. The Morgan fingerprint density at radius 3 is 3.21 bits per heavy atom. The Kier molecular flexibility index (Phi) is 1.46. The van der Waals surface area contributed by atoms with Crippen molar-refractivity contribution >= 4 is 39.3 Å². The van der Waals surface area contributed by atoms with Crippen LogP contribution in [-0.4, -0.2) is 11.3 Å². The maximum absolute atomic E-state index is 4.26. The molecule has 1 aliphatic rings. The molecule has 0 amide bonds. The summed E-state index contributed by atoms with van der Waals surface area (Å²) in [5.41, 5.74) is 5.73. The van der Waals surface area contributed by atoms with Crippen molar-refractivity contribution < 1.29 is 0 Å². The van der Waals surface area contributed by atoms with Gasteiger partial charge in [0.15, 0.2) is 0 Å². The van der Waals surface area contributed by atoms with E-state index in [-0.39, 0.29) is 0 Å². The van der Waals surface area contributed by atoms with E-state index in [0.717, 1.165) is 27.2 Å². The molecule has 3 rings (SSSR count). The van der Waals surface area contributed by atoms with E-state index in [9.17, 15) is 0 Å². The largest absolute Gasteiger partial charge is 0.346 e. The molecule has 3 nitrogen and oxygen atoms in total. The summed E-state index contributed by atoms with van der Waals surface area (Å²) in [5.74, 6) is 0. The summed E-state index contributed by atoms with van der Waals surface area (Å²) in [5, 5.41) is 2.98. The summed E-state index contributed by atoms with van der Waals surface area (Å²) in [6, 6.07) is 4.07. The van der Waals surface area contributed by atoms with E-state index >= 15 is 0 Å². The van der Waals surface area contributed by atoms with Gasteiger partial charge in [-0.15, -0.1) is 11.3 Å². The lowest BCUT2D eigenvalue weighted by Gasteiger charge is -2.13. The molecule has 0 fully saturated rings. The summed E-state index contributed by atoms with van der Waals surface area (Å²) in [6.07, 6.45) is 1.66. The minimum Gasteiger partial charge on any atom is -0.346 e. The summed E-state index contributed by atoms with van der Waals surface area (Å²) < 4.78 is 1.16. The van der Waals surface area contributed by atoms with E-state index < -0.39 is 0 Å². The quantitative estimate of drug-likeness (QED) is 0.711. The number of thiazole rings is 1. The second-order valence-corrected chi connectivity index (χ2v) is 3.96. The van der Waals surface area contributed by atoms with Crippen molar-refractivity contribution in [2.24, 2.45) is 4.99 Å². The highest BCUT2D eigenvalue weighted by molar-refractivity contribution is 7.16. The number of aromatic nitrogens is 1. The number of benzene rings is 1. The standard InChI is InChI=1S/C10H7N3S/c1-6-7-2-9-10(14-5-13-9)3-8(7)12-4-11-6/h2-5H,1H2,(H,11,12). The van der Waals surface area contributed by atoms with Crippen molar-refractivity contribution in [1.29, 1.82) is 0 Å². The molecule has 2 aromatic rings.